The lowest BCUT2D eigenvalue weighted by Gasteiger charge is -2.10. The van der Waals surface area contributed by atoms with Crippen LogP contribution in [-0.2, 0) is 0 Å². The molecule has 0 aliphatic carbocycles. The molecule has 0 unspecified atom stereocenters. The number of ether oxygens (including phenoxy) is 1. The van der Waals surface area contributed by atoms with Gasteiger partial charge in [0.25, 0.3) is 0 Å². The molecule has 0 radical (unpaired) electrons. The largest absolute Gasteiger partial charge is 0.497 e. The third-order valence-electron chi connectivity index (χ3n) is 1.80. The van der Waals surface area contributed by atoms with Gasteiger partial charge in [-0.05, 0) is 31.5 Å². The molecule has 2 nitrogen and oxygen atoms in total. The molecular weight excluding hydrogens is 176 g/mol. The Hall–Kier alpha value is -1.28. The van der Waals surface area contributed by atoms with Gasteiger partial charge >= 0.3 is 0 Å². The van der Waals surface area contributed by atoms with Gasteiger partial charge in [-0.15, -0.1) is 0 Å². The van der Waals surface area contributed by atoms with Crippen LogP contribution in [0, 0.1) is 0 Å². The summed E-state index contributed by atoms with van der Waals surface area (Å²) in [6.45, 7) is 3.49. The molecule has 1 rings (SSSR count). The number of rotatable bonds is 3. The summed E-state index contributed by atoms with van der Waals surface area (Å²) in [7, 11) is 1.64. The van der Waals surface area contributed by atoms with Crippen molar-refractivity contribution in [3.63, 3.8) is 0 Å². The molecule has 1 N–H and O–H groups in total. The van der Waals surface area contributed by atoms with Crippen molar-refractivity contribution in [2.75, 3.05) is 7.11 Å². The average molecular weight is 192 g/mol. The van der Waals surface area contributed by atoms with Crippen LogP contribution in [0.3, 0.4) is 0 Å². The van der Waals surface area contributed by atoms with E-state index in [4.69, 9.17) is 4.74 Å². The molecule has 0 aromatic heterocycles. The highest BCUT2D eigenvalue weighted by atomic mass is 16.5. The molecule has 0 aliphatic heterocycles. The number of hydrogen-bond donors (Lipinski definition) is 1. The average Bonchev–Trinajstić information content (AvgIpc) is 2.14. The van der Waals surface area contributed by atoms with E-state index in [2.05, 4.69) is 0 Å². The Morgan fingerprint density at radius 2 is 1.79 bits per heavy atom. The SMILES string of the molecule is COc1ccc(C=CC(C)(C)O)cc1. The standard InChI is InChI=1S/C12H16O2/c1-12(2,13)9-8-10-4-6-11(14-3)7-5-10/h4-9,13H,1-3H3. The summed E-state index contributed by atoms with van der Waals surface area (Å²) in [5, 5.41) is 9.47. The quantitative estimate of drug-likeness (QED) is 0.797. The Bertz CT molecular complexity index is 304. The molecule has 1 aromatic rings. The zero-order valence-electron chi connectivity index (χ0n) is 8.82. The summed E-state index contributed by atoms with van der Waals surface area (Å²) in [5.74, 6) is 0.838. The van der Waals surface area contributed by atoms with Crippen LogP contribution in [0.1, 0.15) is 19.4 Å². The first-order valence-electron chi connectivity index (χ1n) is 4.57. The van der Waals surface area contributed by atoms with E-state index in [0.29, 0.717) is 0 Å². The fraction of sp³-hybridized carbons (Fsp3) is 0.333. The molecule has 1 aromatic carbocycles. The van der Waals surface area contributed by atoms with Gasteiger partial charge in [0.2, 0.25) is 0 Å². The fourth-order valence-corrected chi connectivity index (χ4v) is 1.02. The Kier molecular flexibility index (Phi) is 3.31. The fourth-order valence-electron chi connectivity index (χ4n) is 1.02. The molecular formula is C12H16O2. The highest BCUT2D eigenvalue weighted by molar-refractivity contribution is 5.51. The maximum Gasteiger partial charge on any atom is 0.118 e. The molecule has 0 bridgehead atoms. The van der Waals surface area contributed by atoms with E-state index < -0.39 is 5.60 Å². The molecule has 76 valence electrons. The zero-order chi connectivity index (χ0) is 10.6. The normalized spacial score (nSPS) is 12.0. The summed E-state index contributed by atoms with van der Waals surface area (Å²) in [6.07, 6.45) is 3.65. The summed E-state index contributed by atoms with van der Waals surface area (Å²) < 4.78 is 5.04. The third kappa shape index (κ3) is 3.62. The van der Waals surface area contributed by atoms with Crippen molar-refractivity contribution in [3.05, 3.63) is 35.9 Å². The first-order valence-corrected chi connectivity index (χ1v) is 4.57. The molecule has 0 saturated carbocycles. The molecule has 0 heterocycles. The molecule has 2 heteroatoms. The van der Waals surface area contributed by atoms with Gasteiger partial charge in [0.15, 0.2) is 0 Å². The highest BCUT2D eigenvalue weighted by Crippen LogP contribution is 2.14. The van der Waals surface area contributed by atoms with Crippen LogP contribution in [0.25, 0.3) is 6.08 Å². The van der Waals surface area contributed by atoms with Crippen molar-refractivity contribution in [3.8, 4) is 5.75 Å². The minimum absolute atomic E-state index is 0.764. The first-order chi connectivity index (χ1) is 6.51. The van der Waals surface area contributed by atoms with Crippen molar-refractivity contribution in [1.82, 2.24) is 0 Å². The van der Waals surface area contributed by atoms with Crippen LogP contribution in [0.15, 0.2) is 30.3 Å². The first kappa shape index (κ1) is 10.8. The maximum absolute atomic E-state index is 9.47. The van der Waals surface area contributed by atoms with Gasteiger partial charge in [0.1, 0.15) is 5.75 Å². The molecule has 0 aliphatic rings. The second-order valence-corrected chi connectivity index (χ2v) is 3.76. The lowest BCUT2D eigenvalue weighted by Crippen LogP contribution is -2.13. The summed E-state index contributed by atoms with van der Waals surface area (Å²) >= 11 is 0. The predicted molar refractivity (Wildman–Crippen MR) is 58.3 cm³/mol. The molecule has 0 fully saturated rings. The maximum atomic E-state index is 9.47. The van der Waals surface area contributed by atoms with Crippen LogP contribution >= 0.6 is 0 Å². The van der Waals surface area contributed by atoms with Crippen molar-refractivity contribution < 1.29 is 9.84 Å². The molecule has 0 saturated heterocycles. The van der Waals surface area contributed by atoms with Crippen LogP contribution in [0.4, 0.5) is 0 Å². The van der Waals surface area contributed by atoms with Crippen LogP contribution in [0.2, 0.25) is 0 Å². The predicted octanol–water partition coefficient (Wildman–Crippen LogP) is 2.48. The van der Waals surface area contributed by atoms with E-state index in [1.807, 2.05) is 30.3 Å². The van der Waals surface area contributed by atoms with E-state index in [-0.39, 0.29) is 0 Å². The Labute approximate surface area is 84.8 Å². The van der Waals surface area contributed by atoms with Crippen molar-refractivity contribution in [2.45, 2.75) is 19.4 Å². The van der Waals surface area contributed by atoms with Gasteiger partial charge < -0.3 is 9.84 Å². The van der Waals surface area contributed by atoms with Gasteiger partial charge in [-0.3, -0.25) is 0 Å². The lowest BCUT2D eigenvalue weighted by molar-refractivity contribution is 0.134. The summed E-state index contributed by atoms with van der Waals surface area (Å²) in [6, 6.07) is 7.68. The van der Waals surface area contributed by atoms with E-state index in [0.717, 1.165) is 11.3 Å². The minimum atomic E-state index is -0.764. The number of benzene rings is 1. The number of hydrogen-bond acceptors (Lipinski definition) is 2. The van der Waals surface area contributed by atoms with Gasteiger partial charge in [-0.1, -0.05) is 24.3 Å². The zero-order valence-corrected chi connectivity index (χ0v) is 8.82. The van der Waals surface area contributed by atoms with E-state index in [1.165, 1.54) is 0 Å². The van der Waals surface area contributed by atoms with Crippen LogP contribution in [-0.4, -0.2) is 17.8 Å². The molecule has 14 heavy (non-hydrogen) atoms. The molecule has 0 atom stereocenters. The molecule has 0 amide bonds. The summed E-state index contributed by atoms with van der Waals surface area (Å²) in [4.78, 5) is 0. The van der Waals surface area contributed by atoms with Crippen LogP contribution in [0.5, 0.6) is 5.75 Å². The lowest BCUT2D eigenvalue weighted by atomic mass is 10.1. The monoisotopic (exact) mass is 192 g/mol. The van der Waals surface area contributed by atoms with Gasteiger partial charge in [0, 0.05) is 0 Å². The number of aliphatic hydroxyl groups is 1. The Morgan fingerprint density at radius 1 is 1.21 bits per heavy atom. The van der Waals surface area contributed by atoms with Crippen molar-refractivity contribution in [1.29, 1.82) is 0 Å². The van der Waals surface area contributed by atoms with Crippen LogP contribution < -0.4 is 4.74 Å². The second-order valence-electron chi connectivity index (χ2n) is 3.76. The van der Waals surface area contributed by atoms with Gasteiger partial charge in [0.05, 0.1) is 12.7 Å². The third-order valence-corrected chi connectivity index (χ3v) is 1.80. The minimum Gasteiger partial charge on any atom is -0.497 e. The van der Waals surface area contributed by atoms with E-state index in [9.17, 15) is 5.11 Å². The van der Waals surface area contributed by atoms with E-state index >= 15 is 0 Å². The van der Waals surface area contributed by atoms with E-state index in [1.54, 1.807) is 27.0 Å². The topological polar surface area (TPSA) is 29.5 Å². The van der Waals surface area contributed by atoms with Crippen molar-refractivity contribution in [2.24, 2.45) is 0 Å². The van der Waals surface area contributed by atoms with Gasteiger partial charge in [-0.25, -0.2) is 0 Å². The summed E-state index contributed by atoms with van der Waals surface area (Å²) in [5.41, 5.74) is 0.285. The van der Waals surface area contributed by atoms with Gasteiger partial charge in [-0.2, -0.15) is 0 Å². The van der Waals surface area contributed by atoms with Crippen molar-refractivity contribution >= 4 is 6.08 Å². The second kappa shape index (κ2) is 4.29. The smallest absolute Gasteiger partial charge is 0.118 e. The Balaban J connectivity index is 2.74. The highest BCUT2D eigenvalue weighted by Gasteiger charge is 2.05. The number of methoxy groups -OCH3 is 1. The molecule has 0 spiro atoms. The Morgan fingerprint density at radius 3 is 2.21 bits per heavy atom.